The first-order chi connectivity index (χ1) is 6.34. The highest BCUT2D eigenvalue weighted by Gasteiger charge is 2.11. The van der Waals surface area contributed by atoms with E-state index in [1.807, 2.05) is 30.3 Å². The molecule has 0 amide bonds. The number of ether oxygens (including phenoxy) is 1. The van der Waals surface area contributed by atoms with Crippen LogP contribution in [0.25, 0.3) is 0 Å². The molecule has 0 saturated carbocycles. The summed E-state index contributed by atoms with van der Waals surface area (Å²) in [6.07, 6.45) is 1.47. The van der Waals surface area contributed by atoms with E-state index < -0.39 is 0 Å². The van der Waals surface area contributed by atoms with Crippen LogP contribution in [0.15, 0.2) is 42.1 Å². The fourth-order valence-corrected chi connectivity index (χ4v) is 1.15. The van der Waals surface area contributed by atoms with Crippen molar-refractivity contribution >= 4 is 24.1 Å². The maximum Gasteiger partial charge on any atom is 0.333 e. The quantitative estimate of drug-likeness (QED) is 0.760. The molecule has 1 heterocycles. The number of benzene rings is 1. The lowest BCUT2D eigenvalue weighted by Gasteiger charge is -2.04. The fourth-order valence-electron chi connectivity index (χ4n) is 1.15. The lowest BCUT2D eigenvalue weighted by atomic mass is 10.3. The minimum atomic E-state index is -0.279. The number of para-hydroxylation sites is 1. The van der Waals surface area contributed by atoms with Crippen LogP contribution in [0.2, 0.25) is 0 Å². The number of esters is 1. The Bertz CT molecular complexity index is 348. The molecule has 2 rings (SSSR count). The second-order valence-corrected chi connectivity index (χ2v) is 2.77. The number of halogens is 1. The minimum Gasteiger partial charge on any atom is -0.456 e. The van der Waals surface area contributed by atoms with Gasteiger partial charge in [-0.15, -0.1) is 12.4 Å². The molecule has 74 valence electrons. The van der Waals surface area contributed by atoms with Gasteiger partial charge in [0.05, 0.1) is 5.70 Å². The van der Waals surface area contributed by atoms with Crippen molar-refractivity contribution in [2.24, 2.45) is 0 Å². The van der Waals surface area contributed by atoms with Crippen LogP contribution in [0, 0.1) is 0 Å². The Morgan fingerprint density at radius 2 is 1.93 bits per heavy atom. The van der Waals surface area contributed by atoms with E-state index in [1.165, 1.54) is 6.08 Å². The Labute approximate surface area is 88.2 Å². The van der Waals surface area contributed by atoms with Crippen molar-refractivity contribution in [1.29, 1.82) is 0 Å². The van der Waals surface area contributed by atoms with Gasteiger partial charge in [0, 0.05) is 11.8 Å². The number of carbonyl (C=O) groups excluding carboxylic acids is 1. The third kappa shape index (κ3) is 2.50. The van der Waals surface area contributed by atoms with Gasteiger partial charge in [-0.1, -0.05) is 18.2 Å². The highest BCUT2D eigenvalue weighted by atomic mass is 35.5. The summed E-state index contributed by atoms with van der Waals surface area (Å²) in [4.78, 5) is 10.7. The molecule has 0 spiro atoms. The number of rotatable bonds is 2. The summed E-state index contributed by atoms with van der Waals surface area (Å²) in [5.41, 5.74) is 1.77. The zero-order valence-electron chi connectivity index (χ0n) is 7.40. The highest BCUT2D eigenvalue weighted by molar-refractivity contribution is 5.86. The summed E-state index contributed by atoms with van der Waals surface area (Å²) < 4.78 is 4.74. The van der Waals surface area contributed by atoms with Crippen molar-refractivity contribution in [1.82, 2.24) is 0 Å². The standard InChI is InChI=1S/C10H9NO2.ClH/c12-10-6-9(7-13-10)11-8-4-2-1-3-5-8;/h1-6,11H,7H2;1H. The molecule has 1 aromatic carbocycles. The van der Waals surface area contributed by atoms with Crippen molar-refractivity contribution in [3.05, 3.63) is 42.1 Å². The molecule has 0 bridgehead atoms. The molecule has 1 aliphatic rings. The lowest BCUT2D eigenvalue weighted by Crippen LogP contribution is -2.00. The normalized spacial score (nSPS) is 14.0. The van der Waals surface area contributed by atoms with E-state index in [9.17, 15) is 4.79 Å². The summed E-state index contributed by atoms with van der Waals surface area (Å²) >= 11 is 0. The molecule has 0 saturated heterocycles. The number of carbonyl (C=O) groups is 1. The second-order valence-electron chi connectivity index (χ2n) is 2.77. The van der Waals surface area contributed by atoms with Gasteiger partial charge in [0.25, 0.3) is 0 Å². The van der Waals surface area contributed by atoms with Gasteiger partial charge in [-0.25, -0.2) is 4.79 Å². The van der Waals surface area contributed by atoms with Crippen LogP contribution in [-0.4, -0.2) is 12.6 Å². The molecule has 1 N–H and O–H groups in total. The van der Waals surface area contributed by atoms with E-state index in [1.54, 1.807) is 0 Å². The number of hydrogen-bond donors (Lipinski definition) is 1. The molecule has 0 radical (unpaired) electrons. The Kier molecular flexibility index (Phi) is 3.54. The lowest BCUT2D eigenvalue weighted by molar-refractivity contribution is -0.134. The number of anilines is 1. The van der Waals surface area contributed by atoms with Crippen LogP contribution < -0.4 is 5.32 Å². The van der Waals surface area contributed by atoms with E-state index in [0.29, 0.717) is 6.61 Å². The highest BCUT2D eigenvalue weighted by Crippen LogP contribution is 2.12. The summed E-state index contributed by atoms with van der Waals surface area (Å²) in [7, 11) is 0. The van der Waals surface area contributed by atoms with E-state index in [2.05, 4.69) is 5.32 Å². The average Bonchev–Trinajstić information content (AvgIpc) is 2.53. The fraction of sp³-hybridized carbons (Fsp3) is 0.100. The zero-order chi connectivity index (χ0) is 9.10. The number of nitrogens with one attached hydrogen (secondary N) is 1. The van der Waals surface area contributed by atoms with Crippen molar-refractivity contribution in [2.75, 3.05) is 11.9 Å². The predicted octanol–water partition coefficient (Wildman–Crippen LogP) is 1.96. The van der Waals surface area contributed by atoms with E-state index in [-0.39, 0.29) is 18.4 Å². The van der Waals surface area contributed by atoms with Crippen LogP contribution in [0.1, 0.15) is 0 Å². The molecule has 3 nitrogen and oxygen atoms in total. The molecular weight excluding hydrogens is 202 g/mol. The van der Waals surface area contributed by atoms with Gasteiger partial charge in [-0.05, 0) is 12.1 Å². The number of cyclic esters (lactones) is 1. The Hall–Kier alpha value is -1.48. The Morgan fingerprint density at radius 1 is 1.21 bits per heavy atom. The average molecular weight is 212 g/mol. The first-order valence-corrected chi connectivity index (χ1v) is 4.04. The monoisotopic (exact) mass is 211 g/mol. The van der Waals surface area contributed by atoms with E-state index in [0.717, 1.165) is 11.4 Å². The maximum atomic E-state index is 10.7. The molecule has 4 heteroatoms. The first-order valence-electron chi connectivity index (χ1n) is 4.04. The van der Waals surface area contributed by atoms with Crippen molar-refractivity contribution in [2.45, 2.75) is 0 Å². The second kappa shape index (κ2) is 4.67. The molecule has 0 fully saturated rings. The van der Waals surface area contributed by atoms with Crippen LogP contribution in [0.4, 0.5) is 5.69 Å². The van der Waals surface area contributed by atoms with Crippen LogP contribution >= 0.6 is 12.4 Å². The molecule has 14 heavy (non-hydrogen) atoms. The van der Waals surface area contributed by atoms with Gasteiger partial charge < -0.3 is 10.1 Å². The summed E-state index contributed by atoms with van der Waals surface area (Å²) in [6, 6.07) is 9.67. The summed E-state index contributed by atoms with van der Waals surface area (Å²) in [6.45, 7) is 0.341. The van der Waals surface area contributed by atoms with E-state index in [4.69, 9.17) is 4.74 Å². The van der Waals surface area contributed by atoms with Crippen LogP contribution in [0.5, 0.6) is 0 Å². The molecule has 0 aromatic heterocycles. The number of hydrogen-bond acceptors (Lipinski definition) is 3. The first kappa shape index (κ1) is 10.6. The Morgan fingerprint density at radius 3 is 2.50 bits per heavy atom. The Balaban J connectivity index is 0.000000980. The third-order valence-corrected chi connectivity index (χ3v) is 1.74. The van der Waals surface area contributed by atoms with Gasteiger partial charge in [0.1, 0.15) is 6.61 Å². The van der Waals surface area contributed by atoms with Crippen molar-refractivity contribution in [3.8, 4) is 0 Å². The van der Waals surface area contributed by atoms with Gasteiger partial charge in [0.15, 0.2) is 0 Å². The molecule has 0 aliphatic carbocycles. The van der Waals surface area contributed by atoms with Gasteiger partial charge in [-0.2, -0.15) is 0 Å². The van der Waals surface area contributed by atoms with Gasteiger partial charge >= 0.3 is 5.97 Å². The van der Waals surface area contributed by atoms with Gasteiger partial charge in [-0.3, -0.25) is 0 Å². The summed E-state index contributed by atoms with van der Waals surface area (Å²) in [5, 5.41) is 3.09. The minimum absolute atomic E-state index is 0. The van der Waals surface area contributed by atoms with Crippen molar-refractivity contribution < 1.29 is 9.53 Å². The topological polar surface area (TPSA) is 38.3 Å². The van der Waals surface area contributed by atoms with Crippen LogP contribution in [-0.2, 0) is 9.53 Å². The molecule has 0 atom stereocenters. The van der Waals surface area contributed by atoms with Crippen molar-refractivity contribution in [3.63, 3.8) is 0 Å². The smallest absolute Gasteiger partial charge is 0.333 e. The van der Waals surface area contributed by atoms with Crippen LogP contribution in [0.3, 0.4) is 0 Å². The molecule has 0 unspecified atom stereocenters. The van der Waals surface area contributed by atoms with E-state index >= 15 is 0 Å². The predicted molar refractivity (Wildman–Crippen MR) is 56.4 cm³/mol. The SMILES string of the molecule is Cl.O=C1C=C(Nc2ccccc2)CO1. The third-order valence-electron chi connectivity index (χ3n) is 1.74. The molecule has 1 aromatic rings. The molecular formula is C10H10ClNO2. The summed E-state index contributed by atoms with van der Waals surface area (Å²) in [5.74, 6) is -0.279. The zero-order valence-corrected chi connectivity index (χ0v) is 8.21. The maximum absolute atomic E-state index is 10.7. The van der Waals surface area contributed by atoms with Gasteiger partial charge in [0.2, 0.25) is 0 Å². The largest absolute Gasteiger partial charge is 0.456 e. The molecule has 1 aliphatic heterocycles.